The molecule has 1 aliphatic heterocycles. The van der Waals surface area contributed by atoms with E-state index in [2.05, 4.69) is 63.7 Å². The summed E-state index contributed by atoms with van der Waals surface area (Å²) in [7, 11) is 2.01. The normalized spacial score (nSPS) is 18.5. The van der Waals surface area contributed by atoms with E-state index in [1.807, 2.05) is 7.05 Å². The van der Waals surface area contributed by atoms with Crippen LogP contribution in [-0.2, 0) is 0 Å². The average Bonchev–Trinajstić information content (AvgIpc) is 2.96. The molecule has 0 bridgehead atoms. The number of benzene rings is 1. The molecule has 0 saturated carbocycles. The number of nitrogens with zero attached hydrogens (tertiary/aromatic N) is 3. The highest BCUT2D eigenvalue weighted by Gasteiger charge is 2.22. The predicted molar refractivity (Wildman–Crippen MR) is 81.9 cm³/mol. The molecule has 1 aromatic carbocycles. The van der Waals surface area contributed by atoms with Gasteiger partial charge in [-0.25, -0.2) is 0 Å². The van der Waals surface area contributed by atoms with Crippen molar-refractivity contribution in [1.82, 2.24) is 15.5 Å². The molecule has 4 heteroatoms. The number of nitrogens with one attached hydrogen (secondary N) is 1. The Balaban J connectivity index is 1.78. The fourth-order valence-corrected chi connectivity index (χ4v) is 2.66. The van der Waals surface area contributed by atoms with Gasteiger partial charge in [0.05, 0.1) is 5.69 Å². The zero-order valence-corrected chi connectivity index (χ0v) is 12.0. The number of rotatable bonds is 3. The van der Waals surface area contributed by atoms with Crippen LogP contribution >= 0.6 is 0 Å². The molecule has 0 spiro atoms. The van der Waals surface area contributed by atoms with Gasteiger partial charge in [-0.15, -0.1) is 10.2 Å². The Kier molecular flexibility index (Phi) is 3.65. The molecule has 0 amide bonds. The second-order valence-corrected chi connectivity index (χ2v) is 5.37. The summed E-state index contributed by atoms with van der Waals surface area (Å²) in [5, 5.41) is 12.1. The van der Waals surface area contributed by atoms with Crippen LogP contribution in [0.3, 0.4) is 0 Å². The lowest BCUT2D eigenvalue weighted by atomic mass is 10.1. The van der Waals surface area contributed by atoms with E-state index >= 15 is 0 Å². The van der Waals surface area contributed by atoms with Gasteiger partial charge in [-0.05, 0) is 38.6 Å². The highest BCUT2D eigenvalue weighted by atomic mass is 15.3. The van der Waals surface area contributed by atoms with Gasteiger partial charge in [-0.3, -0.25) is 0 Å². The van der Waals surface area contributed by atoms with Crippen LogP contribution in [0.4, 0.5) is 5.82 Å². The van der Waals surface area contributed by atoms with Crippen molar-refractivity contribution in [2.45, 2.75) is 19.4 Å². The Labute approximate surface area is 119 Å². The van der Waals surface area contributed by atoms with E-state index in [9.17, 15) is 0 Å². The molecule has 1 atom stereocenters. The molecule has 1 saturated heterocycles. The maximum absolute atomic E-state index is 4.38. The summed E-state index contributed by atoms with van der Waals surface area (Å²) in [4.78, 5) is 2.29. The molecule has 1 aliphatic rings. The average molecular weight is 268 g/mol. The minimum absolute atomic E-state index is 0.563. The van der Waals surface area contributed by atoms with Crippen LogP contribution in [0.5, 0.6) is 0 Å². The second-order valence-electron chi connectivity index (χ2n) is 5.37. The molecule has 1 aromatic heterocycles. The Morgan fingerprint density at radius 1 is 1.20 bits per heavy atom. The Morgan fingerprint density at radius 2 is 2.10 bits per heavy atom. The maximum Gasteiger partial charge on any atom is 0.151 e. The summed E-state index contributed by atoms with van der Waals surface area (Å²) in [6.07, 6.45) is 1.16. The van der Waals surface area contributed by atoms with E-state index < -0.39 is 0 Å². The third kappa shape index (κ3) is 2.65. The second kappa shape index (κ2) is 5.59. The summed E-state index contributed by atoms with van der Waals surface area (Å²) in [6, 6.07) is 13.0. The number of aryl methyl sites for hydroxylation is 1. The van der Waals surface area contributed by atoms with Gasteiger partial charge in [0.15, 0.2) is 5.82 Å². The SMILES string of the molecule is CNC1CCN(c2ccc(-c3cccc(C)c3)nn2)C1. The molecule has 0 aliphatic carbocycles. The molecular weight excluding hydrogens is 248 g/mol. The van der Waals surface area contributed by atoms with E-state index in [-0.39, 0.29) is 0 Å². The van der Waals surface area contributed by atoms with Crippen LogP contribution in [0, 0.1) is 6.92 Å². The third-order valence-electron chi connectivity index (χ3n) is 3.88. The first-order chi connectivity index (χ1) is 9.76. The fourth-order valence-electron chi connectivity index (χ4n) is 2.66. The summed E-state index contributed by atoms with van der Waals surface area (Å²) in [6.45, 7) is 4.15. The molecule has 4 nitrogen and oxygen atoms in total. The quantitative estimate of drug-likeness (QED) is 0.927. The first-order valence-electron chi connectivity index (χ1n) is 7.09. The summed E-state index contributed by atoms with van der Waals surface area (Å²) >= 11 is 0. The first kappa shape index (κ1) is 13.1. The number of likely N-dealkylation sites (N-methyl/N-ethyl adjacent to an activating group) is 1. The molecule has 3 rings (SSSR count). The van der Waals surface area contributed by atoms with Crippen molar-refractivity contribution in [1.29, 1.82) is 0 Å². The Morgan fingerprint density at radius 3 is 2.75 bits per heavy atom. The van der Waals surface area contributed by atoms with Crippen molar-refractivity contribution < 1.29 is 0 Å². The van der Waals surface area contributed by atoms with E-state index in [4.69, 9.17) is 0 Å². The first-order valence-corrected chi connectivity index (χ1v) is 7.09. The van der Waals surface area contributed by atoms with Gasteiger partial charge in [0.1, 0.15) is 0 Å². The van der Waals surface area contributed by atoms with Crippen LogP contribution in [0.15, 0.2) is 36.4 Å². The number of anilines is 1. The summed E-state index contributed by atoms with van der Waals surface area (Å²) in [5.74, 6) is 0.971. The molecular formula is C16H20N4. The molecule has 1 fully saturated rings. The third-order valence-corrected chi connectivity index (χ3v) is 3.88. The van der Waals surface area contributed by atoms with Gasteiger partial charge in [0.25, 0.3) is 0 Å². The van der Waals surface area contributed by atoms with Crippen LogP contribution in [0.2, 0.25) is 0 Å². The zero-order chi connectivity index (χ0) is 13.9. The molecule has 2 heterocycles. The summed E-state index contributed by atoms with van der Waals surface area (Å²) < 4.78 is 0. The number of hydrogen-bond donors (Lipinski definition) is 1. The Bertz CT molecular complexity index is 579. The van der Waals surface area contributed by atoms with E-state index in [0.717, 1.165) is 36.6 Å². The molecule has 2 aromatic rings. The van der Waals surface area contributed by atoms with Crippen molar-refractivity contribution >= 4 is 5.82 Å². The number of aromatic nitrogens is 2. The van der Waals surface area contributed by atoms with Crippen LogP contribution in [-0.4, -0.2) is 36.4 Å². The molecule has 104 valence electrons. The largest absolute Gasteiger partial charge is 0.354 e. The van der Waals surface area contributed by atoms with Crippen molar-refractivity contribution in [2.75, 3.05) is 25.0 Å². The van der Waals surface area contributed by atoms with Gasteiger partial charge in [-0.1, -0.05) is 23.8 Å². The van der Waals surface area contributed by atoms with Crippen LogP contribution in [0.1, 0.15) is 12.0 Å². The standard InChI is InChI=1S/C16H20N4/c1-12-4-3-5-13(10-12)15-6-7-16(19-18-15)20-9-8-14(11-20)17-2/h3-7,10,14,17H,8-9,11H2,1-2H3. The van der Waals surface area contributed by atoms with E-state index in [1.165, 1.54) is 5.56 Å². The Hall–Kier alpha value is -1.94. The van der Waals surface area contributed by atoms with Gasteiger partial charge < -0.3 is 10.2 Å². The predicted octanol–water partition coefficient (Wildman–Crippen LogP) is 2.25. The minimum Gasteiger partial charge on any atom is -0.354 e. The highest BCUT2D eigenvalue weighted by molar-refractivity contribution is 5.60. The zero-order valence-electron chi connectivity index (χ0n) is 12.0. The van der Waals surface area contributed by atoms with E-state index in [1.54, 1.807) is 0 Å². The van der Waals surface area contributed by atoms with Crippen molar-refractivity contribution in [3.8, 4) is 11.3 Å². The maximum atomic E-state index is 4.38. The number of hydrogen-bond acceptors (Lipinski definition) is 4. The van der Waals surface area contributed by atoms with Gasteiger partial charge in [0, 0.05) is 24.7 Å². The van der Waals surface area contributed by atoms with Crippen molar-refractivity contribution in [3.05, 3.63) is 42.0 Å². The molecule has 1 unspecified atom stereocenters. The molecule has 1 N–H and O–H groups in total. The topological polar surface area (TPSA) is 41.0 Å². The lowest BCUT2D eigenvalue weighted by Crippen LogP contribution is -2.29. The molecule has 20 heavy (non-hydrogen) atoms. The lowest BCUT2D eigenvalue weighted by Gasteiger charge is -2.16. The van der Waals surface area contributed by atoms with Crippen LogP contribution in [0.25, 0.3) is 11.3 Å². The van der Waals surface area contributed by atoms with E-state index in [0.29, 0.717) is 6.04 Å². The lowest BCUT2D eigenvalue weighted by molar-refractivity contribution is 0.616. The van der Waals surface area contributed by atoms with Crippen molar-refractivity contribution in [2.24, 2.45) is 0 Å². The van der Waals surface area contributed by atoms with Gasteiger partial charge in [-0.2, -0.15) is 0 Å². The summed E-state index contributed by atoms with van der Waals surface area (Å²) in [5.41, 5.74) is 3.30. The smallest absolute Gasteiger partial charge is 0.151 e. The minimum atomic E-state index is 0.563. The fraction of sp³-hybridized carbons (Fsp3) is 0.375. The van der Waals surface area contributed by atoms with Crippen LogP contribution < -0.4 is 10.2 Å². The van der Waals surface area contributed by atoms with Gasteiger partial charge >= 0.3 is 0 Å². The van der Waals surface area contributed by atoms with Crippen molar-refractivity contribution in [3.63, 3.8) is 0 Å². The van der Waals surface area contributed by atoms with Gasteiger partial charge in [0.2, 0.25) is 0 Å². The molecule has 0 radical (unpaired) electrons. The monoisotopic (exact) mass is 268 g/mol. The highest BCUT2D eigenvalue weighted by Crippen LogP contribution is 2.21.